The quantitative estimate of drug-likeness (QED) is 0.0613. The van der Waals surface area contributed by atoms with Crippen molar-refractivity contribution in [3.05, 3.63) is 130 Å². The maximum atomic E-state index is 13.4. The number of hydrogen-bond acceptors (Lipinski definition) is 9. The van der Waals surface area contributed by atoms with E-state index in [1.807, 2.05) is 55.5 Å². The van der Waals surface area contributed by atoms with Crippen molar-refractivity contribution < 1.29 is 23.8 Å². The van der Waals surface area contributed by atoms with Crippen LogP contribution in [0.3, 0.4) is 0 Å². The Bertz CT molecular complexity index is 1810. The number of furan rings is 1. The molecule has 5 aromatic rings. The maximum Gasteiger partial charge on any atom is 0.302 e. The second kappa shape index (κ2) is 12.3. The minimum atomic E-state index is -1.01. The fourth-order valence-electron chi connectivity index (χ4n) is 4.81. The first kappa shape index (κ1) is 28.4. The molecule has 1 amide bonds. The van der Waals surface area contributed by atoms with Crippen molar-refractivity contribution >= 4 is 45.7 Å². The zero-order valence-electron chi connectivity index (χ0n) is 23.4. The molecule has 1 aliphatic heterocycles. The van der Waals surface area contributed by atoms with Crippen LogP contribution in [0.25, 0.3) is 5.76 Å². The van der Waals surface area contributed by atoms with E-state index < -0.39 is 17.7 Å². The van der Waals surface area contributed by atoms with E-state index in [0.29, 0.717) is 39.5 Å². The summed E-state index contributed by atoms with van der Waals surface area (Å²) in [6.07, 6.45) is 0. The highest BCUT2D eigenvalue weighted by molar-refractivity contribution is 8.00. The number of ether oxygens (including phenoxy) is 1. The van der Waals surface area contributed by atoms with Crippen LogP contribution in [0.4, 0.5) is 5.13 Å². The molecule has 0 radical (unpaired) electrons. The van der Waals surface area contributed by atoms with Crippen molar-refractivity contribution in [2.75, 3.05) is 4.90 Å². The van der Waals surface area contributed by atoms with Gasteiger partial charge in [0.15, 0.2) is 4.34 Å². The van der Waals surface area contributed by atoms with Gasteiger partial charge in [-0.3, -0.25) is 14.5 Å². The van der Waals surface area contributed by atoms with Crippen molar-refractivity contribution in [1.29, 1.82) is 0 Å². The zero-order valence-corrected chi connectivity index (χ0v) is 25.0. The van der Waals surface area contributed by atoms with Gasteiger partial charge < -0.3 is 14.3 Å². The van der Waals surface area contributed by atoms with E-state index in [9.17, 15) is 14.7 Å². The number of aliphatic hydroxyl groups is 1. The number of Topliss-reactive ketones (excluding diaryl/α,β-unsaturated/α-hetero) is 1. The third-order valence-electron chi connectivity index (χ3n) is 6.90. The number of benzene rings is 3. The van der Waals surface area contributed by atoms with Gasteiger partial charge in [-0.05, 0) is 61.4 Å². The molecule has 1 atom stereocenters. The summed E-state index contributed by atoms with van der Waals surface area (Å²) in [5.74, 6) is 0.274. The van der Waals surface area contributed by atoms with Crippen LogP contribution in [0.5, 0.6) is 5.75 Å². The lowest BCUT2D eigenvalue weighted by molar-refractivity contribution is -0.132. The smallest absolute Gasteiger partial charge is 0.302 e. The number of carbonyl (C=O) groups excluding carboxylic acids is 2. The summed E-state index contributed by atoms with van der Waals surface area (Å²) in [6.45, 7) is 4.19. The van der Waals surface area contributed by atoms with Crippen molar-refractivity contribution in [3.63, 3.8) is 0 Å². The van der Waals surface area contributed by atoms with Crippen LogP contribution in [0.1, 0.15) is 39.8 Å². The van der Waals surface area contributed by atoms with Crippen LogP contribution in [-0.2, 0) is 21.9 Å². The lowest BCUT2D eigenvalue weighted by atomic mass is 9.99. The largest absolute Gasteiger partial charge is 0.507 e. The van der Waals surface area contributed by atoms with Crippen LogP contribution in [0.15, 0.2) is 105 Å². The molecular formula is C33H27N3O5S2. The van der Waals surface area contributed by atoms with Gasteiger partial charge in [0.25, 0.3) is 5.78 Å². The van der Waals surface area contributed by atoms with Gasteiger partial charge in [0.05, 0.1) is 5.57 Å². The molecule has 43 heavy (non-hydrogen) atoms. The van der Waals surface area contributed by atoms with Gasteiger partial charge in [0.1, 0.15) is 35.7 Å². The molecule has 1 saturated heterocycles. The number of rotatable bonds is 9. The number of aliphatic hydroxyl groups excluding tert-OH is 1. The van der Waals surface area contributed by atoms with E-state index in [0.717, 1.165) is 16.7 Å². The van der Waals surface area contributed by atoms with Gasteiger partial charge in [-0.1, -0.05) is 83.3 Å². The molecule has 0 bridgehead atoms. The standard InChI is InChI=1S/C33H27N3O5S2/c1-20-7-6-10-23(17-20)18-40-25-14-12-24(13-15-25)29(37)27-28(26-16-11-21(2)41-26)36(31(39)30(27)38)32-34-35-33(43-32)42-19-22-8-4-3-5-9-22/h3-17,28,37H,18-19H2,1-2H3. The van der Waals surface area contributed by atoms with Crippen molar-refractivity contribution in [3.8, 4) is 5.75 Å². The molecule has 0 spiro atoms. The number of carbonyl (C=O) groups is 2. The average molecular weight is 610 g/mol. The Labute approximate surface area is 256 Å². The Hall–Kier alpha value is -4.67. The highest BCUT2D eigenvalue weighted by Crippen LogP contribution is 2.44. The Balaban J connectivity index is 1.28. The number of thioether (sulfide) groups is 1. The number of ketones is 1. The molecule has 10 heteroatoms. The Morgan fingerprint density at radius 1 is 0.953 bits per heavy atom. The Kier molecular flexibility index (Phi) is 8.13. The number of anilines is 1. The highest BCUT2D eigenvalue weighted by atomic mass is 32.2. The number of amides is 1. The van der Waals surface area contributed by atoms with Gasteiger partial charge in [-0.2, -0.15) is 0 Å². The summed E-state index contributed by atoms with van der Waals surface area (Å²) < 4.78 is 12.4. The van der Waals surface area contributed by atoms with Crippen molar-refractivity contribution in [2.24, 2.45) is 0 Å². The van der Waals surface area contributed by atoms with E-state index in [1.54, 1.807) is 43.3 Å². The predicted octanol–water partition coefficient (Wildman–Crippen LogP) is 7.25. The first-order chi connectivity index (χ1) is 20.9. The molecule has 0 aliphatic carbocycles. The highest BCUT2D eigenvalue weighted by Gasteiger charge is 2.49. The van der Waals surface area contributed by atoms with E-state index in [1.165, 1.54) is 28.0 Å². The summed E-state index contributed by atoms with van der Waals surface area (Å²) in [7, 11) is 0. The van der Waals surface area contributed by atoms with E-state index in [4.69, 9.17) is 9.15 Å². The van der Waals surface area contributed by atoms with Crippen LogP contribution < -0.4 is 9.64 Å². The third kappa shape index (κ3) is 6.11. The van der Waals surface area contributed by atoms with E-state index in [2.05, 4.69) is 16.3 Å². The summed E-state index contributed by atoms with van der Waals surface area (Å²) in [6, 6.07) is 27.2. The molecule has 1 aliphatic rings. The number of aryl methyl sites for hydroxylation is 2. The monoisotopic (exact) mass is 609 g/mol. The second-order valence-electron chi connectivity index (χ2n) is 10.0. The number of aromatic nitrogens is 2. The van der Waals surface area contributed by atoms with Crippen molar-refractivity contribution in [1.82, 2.24) is 10.2 Å². The fraction of sp³-hybridized carbons (Fsp3) is 0.152. The molecule has 0 saturated carbocycles. The van der Waals surface area contributed by atoms with Gasteiger partial charge >= 0.3 is 5.91 Å². The summed E-state index contributed by atoms with van der Waals surface area (Å²) in [5.41, 5.74) is 3.60. The predicted molar refractivity (Wildman–Crippen MR) is 166 cm³/mol. The van der Waals surface area contributed by atoms with Gasteiger partial charge in [0.2, 0.25) is 5.13 Å². The SMILES string of the molecule is Cc1cccc(COc2ccc(C(O)=C3C(=O)C(=O)N(c4nnc(SCc5ccccc5)s4)C3c3ccc(C)o3)cc2)c1. The number of nitrogens with zero attached hydrogens (tertiary/aromatic N) is 3. The summed E-state index contributed by atoms with van der Waals surface area (Å²) >= 11 is 2.70. The van der Waals surface area contributed by atoms with Crippen LogP contribution in [0, 0.1) is 13.8 Å². The number of hydrogen-bond donors (Lipinski definition) is 1. The molecule has 2 aromatic heterocycles. The van der Waals surface area contributed by atoms with Crippen LogP contribution in [-0.4, -0.2) is 27.0 Å². The molecule has 1 fully saturated rings. The molecular weight excluding hydrogens is 583 g/mol. The fourth-order valence-corrected chi connectivity index (χ4v) is 6.63. The molecule has 1 N–H and O–H groups in total. The Morgan fingerprint density at radius 2 is 1.72 bits per heavy atom. The summed E-state index contributed by atoms with van der Waals surface area (Å²) in [4.78, 5) is 28.1. The van der Waals surface area contributed by atoms with Crippen LogP contribution >= 0.6 is 23.1 Å². The van der Waals surface area contributed by atoms with Crippen LogP contribution in [0.2, 0.25) is 0 Å². The molecule has 3 heterocycles. The molecule has 6 rings (SSSR count). The van der Waals surface area contributed by atoms with Gasteiger partial charge in [-0.15, -0.1) is 10.2 Å². The zero-order chi connectivity index (χ0) is 29.9. The minimum Gasteiger partial charge on any atom is -0.507 e. The second-order valence-corrected chi connectivity index (χ2v) is 12.2. The average Bonchev–Trinajstić information content (AvgIpc) is 3.73. The molecule has 1 unspecified atom stereocenters. The normalized spacial score (nSPS) is 16.1. The Morgan fingerprint density at radius 3 is 2.44 bits per heavy atom. The summed E-state index contributed by atoms with van der Waals surface area (Å²) in [5, 5.41) is 20.2. The third-order valence-corrected chi connectivity index (χ3v) is 9.02. The topological polar surface area (TPSA) is 106 Å². The van der Waals surface area contributed by atoms with E-state index in [-0.39, 0.29) is 16.5 Å². The first-order valence-corrected chi connectivity index (χ1v) is 15.3. The molecule has 8 nitrogen and oxygen atoms in total. The lowest BCUT2D eigenvalue weighted by Crippen LogP contribution is -2.29. The molecule has 3 aromatic carbocycles. The molecule has 216 valence electrons. The van der Waals surface area contributed by atoms with Crippen molar-refractivity contribution in [2.45, 2.75) is 36.6 Å². The maximum absolute atomic E-state index is 13.4. The first-order valence-electron chi connectivity index (χ1n) is 13.5. The minimum absolute atomic E-state index is 0.0820. The van der Waals surface area contributed by atoms with Gasteiger partial charge in [0, 0.05) is 11.3 Å². The van der Waals surface area contributed by atoms with E-state index >= 15 is 0 Å². The van der Waals surface area contributed by atoms with Gasteiger partial charge in [-0.25, -0.2) is 0 Å². The lowest BCUT2D eigenvalue weighted by Gasteiger charge is -2.20.